The van der Waals surface area contributed by atoms with E-state index in [0.29, 0.717) is 11.6 Å². The van der Waals surface area contributed by atoms with Crippen molar-refractivity contribution in [1.82, 2.24) is 10.3 Å². The van der Waals surface area contributed by atoms with E-state index in [9.17, 15) is 4.79 Å². The number of rotatable bonds is 4. The number of benzene rings is 2. The van der Waals surface area contributed by atoms with Gasteiger partial charge in [0.1, 0.15) is 11.4 Å². The van der Waals surface area contributed by atoms with E-state index in [4.69, 9.17) is 0 Å². The lowest BCUT2D eigenvalue weighted by Gasteiger charge is -2.15. The molecule has 26 heavy (non-hydrogen) atoms. The molecule has 0 aliphatic carbocycles. The number of aromatic nitrogens is 1. The van der Waals surface area contributed by atoms with Crippen molar-refractivity contribution in [2.75, 3.05) is 0 Å². The minimum absolute atomic E-state index is 0.0948. The SMILES string of the molecule is Cc1cc([C@@H](C)NC(=O)c2ccc3cc(C(C)C)ccc3n2)ccc1[NH3+]. The van der Waals surface area contributed by atoms with Crippen molar-refractivity contribution in [1.29, 1.82) is 0 Å². The van der Waals surface area contributed by atoms with Crippen molar-refractivity contribution >= 4 is 22.5 Å². The average Bonchev–Trinajstić information content (AvgIpc) is 2.62. The van der Waals surface area contributed by atoms with Crippen LogP contribution in [0.2, 0.25) is 0 Å². The van der Waals surface area contributed by atoms with Crippen LogP contribution in [0, 0.1) is 6.92 Å². The van der Waals surface area contributed by atoms with E-state index in [0.717, 1.165) is 27.7 Å². The number of pyridine rings is 1. The second-order valence-corrected chi connectivity index (χ2v) is 7.18. The maximum absolute atomic E-state index is 12.6. The molecule has 3 aromatic rings. The topological polar surface area (TPSA) is 69.6 Å². The van der Waals surface area contributed by atoms with Crippen LogP contribution in [-0.4, -0.2) is 10.9 Å². The zero-order valence-electron chi connectivity index (χ0n) is 15.8. The molecule has 4 heteroatoms. The highest BCUT2D eigenvalue weighted by molar-refractivity contribution is 5.95. The van der Waals surface area contributed by atoms with E-state index in [-0.39, 0.29) is 11.9 Å². The maximum atomic E-state index is 12.6. The molecule has 0 fully saturated rings. The zero-order valence-corrected chi connectivity index (χ0v) is 15.8. The number of fused-ring (bicyclic) bond motifs is 1. The van der Waals surface area contributed by atoms with Crippen LogP contribution in [0.15, 0.2) is 48.5 Å². The fourth-order valence-electron chi connectivity index (χ4n) is 2.97. The molecule has 3 rings (SSSR count). The molecule has 134 valence electrons. The van der Waals surface area contributed by atoms with Gasteiger partial charge in [0.05, 0.1) is 11.6 Å². The van der Waals surface area contributed by atoms with Crippen LogP contribution < -0.4 is 11.1 Å². The van der Waals surface area contributed by atoms with Crippen LogP contribution in [-0.2, 0) is 0 Å². The molecular formula is C22H26N3O+. The van der Waals surface area contributed by atoms with Crippen LogP contribution in [0.25, 0.3) is 10.9 Å². The van der Waals surface area contributed by atoms with Gasteiger partial charge in [-0.2, -0.15) is 0 Å². The Morgan fingerprint density at radius 3 is 2.42 bits per heavy atom. The van der Waals surface area contributed by atoms with Gasteiger partial charge in [0, 0.05) is 10.9 Å². The van der Waals surface area contributed by atoms with Crippen molar-refractivity contribution < 1.29 is 10.5 Å². The summed E-state index contributed by atoms with van der Waals surface area (Å²) >= 11 is 0. The third kappa shape index (κ3) is 3.75. The molecule has 1 aromatic heterocycles. The van der Waals surface area contributed by atoms with Gasteiger partial charge in [0.2, 0.25) is 0 Å². The fraction of sp³-hybridized carbons (Fsp3) is 0.273. The Kier molecular flexibility index (Phi) is 5.05. The zero-order chi connectivity index (χ0) is 18.8. The number of quaternary nitrogens is 1. The number of amides is 1. The minimum atomic E-state index is -0.163. The van der Waals surface area contributed by atoms with Gasteiger partial charge < -0.3 is 11.1 Å². The minimum Gasteiger partial charge on any atom is -0.344 e. The quantitative estimate of drug-likeness (QED) is 0.747. The Morgan fingerprint density at radius 2 is 1.73 bits per heavy atom. The first-order valence-electron chi connectivity index (χ1n) is 8.99. The van der Waals surface area contributed by atoms with E-state index < -0.39 is 0 Å². The van der Waals surface area contributed by atoms with Crippen LogP contribution in [0.1, 0.15) is 59.9 Å². The summed E-state index contributed by atoms with van der Waals surface area (Å²) in [6, 6.07) is 15.9. The van der Waals surface area contributed by atoms with Gasteiger partial charge >= 0.3 is 0 Å². The number of aryl methyl sites for hydroxylation is 1. The lowest BCUT2D eigenvalue weighted by atomic mass is 10.0. The van der Waals surface area contributed by atoms with Crippen molar-refractivity contribution in [3.63, 3.8) is 0 Å². The van der Waals surface area contributed by atoms with E-state index >= 15 is 0 Å². The van der Waals surface area contributed by atoms with Crippen molar-refractivity contribution in [3.05, 3.63) is 70.9 Å². The normalized spacial score (nSPS) is 12.4. The van der Waals surface area contributed by atoms with Gasteiger partial charge in [0.15, 0.2) is 0 Å². The average molecular weight is 348 g/mol. The van der Waals surface area contributed by atoms with Gasteiger partial charge in [-0.25, -0.2) is 4.98 Å². The lowest BCUT2D eigenvalue weighted by Crippen LogP contribution is -2.41. The standard InChI is InChI=1S/C22H25N3O/c1-13(2)16-6-9-20-18(12-16)7-10-21(25-20)22(26)24-15(4)17-5-8-19(23)14(3)11-17/h5-13,15H,23H2,1-4H3,(H,24,26)/p+1/t15-/m1/s1. The van der Waals surface area contributed by atoms with Crippen LogP contribution in [0.4, 0.5) is 5.69 Å². The van der Waals surface area contributed by atoms with Gasteiger partial charge in [0.25, 0.3) is 5.91 Å². The highest BCUT2D eigenvalue weighted by Crippen LogP contribution is 2.21. The summed E-state index contributed by atoms with van der Waals surface area (Å²) < 4.78 is 0. The first-order chi connectivity index (χ1) is 12.3. The number of nitrogens with one attached hydrogen (secondary N) is 1. The van der Waals surface area contributed by atoms with Crippen LogP contribution in [0.3, 0.4) is 0 Å². The molecule has 2 aromatic carbocycles. The Bertz CT molecular complexity index is 963. The van der Waals surface area contributed by atoms with Crippen molar-refractivity contribution in [2.45, 2.75) is 39.7 Å². The number of hydrogen-bond acceptors (Lipinski definition) is 2. The summed E-state index contributed by atoms with van der Waals surface area (Å²) in [5.74, 6) is 0.306. The summed E-state index contributed by atoms with van der Waals surface area (Å²) in [6.45, 7) is 8.34. The van der Waals surface area contributed by atoms with Gasteiger partial charge in [-0.05, 0) is 61.2 Å². The molecule has 0 aliphatic heterocycles. The molecule has 0 aliphatic rings. The Morgan fingerprint density at radius 1 is 1.00 bits per heavy atom. The molecule has 0 spiro atoms. The second kappa shape index (κ2) is 7.26. The molecule has 0 saturated heterocycles. The summed E-state index contributed by atoms with van der Waals surface area (Å²) in [6.07, 6.45) is 0. The molecule has 0 saturated carbocycles. The molecule has 4 nitrogen and oxygen atoms in total. The molecule has 0 unspecified atom stereocenters. The maximum Gasteiger partial charge on any atom is 0.270 e. The summed E-state index contributed by atoms with van der Waals surface area (Å²) in [7, 11) is 0. The smallest absolute Gasteiger partial charge is 0.270 e. The number of carbonyl (C=O) groups is 1. The monoisotopic (exact) mass is 348 g/mol. The van der Waals surface area contributed by atoms with E-state index in [2.05, 4.69) is 48.1 Å². The fourth-order valence-corrected chi connectivity index (χ4v) is 2.97. The molecular weight excluding hydrogens is 322 g/mol. The lowest BCUT2D eigenvalue weighted by molar-refractivity contribution is -0.255. The van der Waals surface area contributed by atoms with Crippen LogP contribution in [0.5, 0.6) is 0 Å². The van der Waals surface area contributed by atoms with E-state index in [1.54, 1.807) is 6.07 Å². The predicted octanol–water partition coefficient (Wildman–Crippen LogP) is 4.03. The van der Waals surface area contributed by atoms with Crippen molar-refractivity contribution in [2.24, 2.45) is 0 Å². The predicted molar refractivity (Wildman–Crippen MR) is 105 cm³/mol. The Hall–Kier alpha value is -2.72. The Labute approximate surface area is 154 Å². The first-order valence-corrected chi connectivity index (χ1v) is 8.99. The van der Waals surface area contributed by atoms with Gasteiger partial charge in [-0.15, -0.1) is 0 Å². The second-order valence-electron chi connectivity index (χ2n) is 7.18. The number of carbonyl (C=O) groups excluding carboxylic acids is 1. The molecule has 0 radical (unpaired) electrons. The highest BCUT2D eigenvalue weighted by Gasteiger charge is 2.14. The number of hydrogen-bond donors (Lipinski definition) is 2. The highest BCUT2D eigenvalue weighted by atomic mass is 16.1. The first kappa shape index (κ1) is 18.1. The van der Waals surface area contributed by atoms with E-state index in [1.807, 2.05) is 38.1 Å². The third-order valence-electron chi connectivity index (χ3n) is 4.83. The summed E-state index contributed by atoms with van der Waals surface area (Å²) in [4.78, 5) is 17.1. The van der Waals surface area contributed by atoms with Gasteiger partial charge in [-0.1, -0.05) is 32.0 Å². The largest absolute Gasteiger partial charge is 0.344 e. The summed E-state index contributed by atoms with van der Waals surface area (Å²) in [5, 5.41) is 4.09. The number of nitrogens with zero attached hydrogens (tertiary/aromatic N) is 1. The molecule has 1 atom stereocenters. The summed E-state index contributed by atoms with van der Waals surface area (Å²) in [5.41, 5.74) is 9.71. The molecule has 0 bridgehead atoms. The Balaban J connectivity index is 1.80. The van der Waals surface area contributed by atoms with Crippen LogP contribution >= 0.6 is 0 Å². The van der Waals surface area contributed by atoms with Crippen molar-refractivity contribution in [3.8, 4) is 0 Å². The molecule has 1 heterocycles. The molecule has 1 amide bonds. The molecule has 4 N–H and O–H groups in total. The van der Waals surface area contributed by atoms with Gasteiger partial charge in [-0.3, -0.25) is 4.79 Å². The third-order valence-corrected chi connectivity index (χ3v) is 4.83. The van der Waals surface area contributed by atoms with E-state index in [1.165, 1.54) is 5.56 Å².